The van der Waals surface area contributed by atoms with Crippen LogP contribution in [0.2, 0.25) is 0 Å². The highest BCUT2D eigenvalue weighted by Gasteiger charge is 2.28. The normalized spacial score (nSPS) is 15.0. The highest BCUT2D eigenvalue weighted by Crippen LogP contribution is 2.34. The lowest BCUT2D eigenvalue weighted by molar-refractivity contribution is 0.0871. The van der Waals surface area contributed by atoms with Crippen molar-refractivity contribution >= 4 is 28.5 Å². The highest BCUT2D eigenvalue weighted by molar-refractivity contribution is 5.95. The first-order chi connectivity index (χ1) is 13.6. The van der Waals surface area contributed by atoms with Gasteiger partial charge in [0.05, 0.1) is 26.0 Å². The second kappa shape index (κ2) is 7.38. The Hall–Kier alpha value is -3.29. The van der Waals surface area contributed by atoms with Gasteiger partial charge in [-0.15, -0.1) is 0 Å². The number of hydrogen-bond acceptors (Lipinski definition) is 8. The fourth-order valence-corrected chi connectivity index (χ4v) is 3.57. The number of aromatic nitrogens is 2. The number of methoxy groups -OCH3 is 2. The van der Waals surface area contributed by atoms with Crippen molar-refractivity contribution in [2.45, 2.75) is 12.8 Å². The molecule has 0 unspecified atom stereocenters. The summed E-state index contributed by atoms with van der Waals surface area (Å²) in [7, 11) is 3.15. The van der Waals surface area contributed by atoms with Crippen LogP contribution in [0.25, 0.3) is 10.9 Å². The van der Waals surface area contributed by atoms with Crippen LogP contribution in [0.4, 0.5) is 11.8 Å². The van der Waals surface area contributed by atoms with E-state index in [1.807, 2.05) is 0 Å². The fraction of sp³-hybridized carbons (Fsp3) is 0.350. The Kier molecular flexibility index (Phi) is 4.77. The third-order valence-corrected chi connectivity index (χ3v) is 5.13. The molecule has 0 bridgehead atoms. The lowest BCUT2D eigenvalue weighted by Crippen LogP contribution is -2.37. The van der Waals surface area contributed by atoms with Crippen molar-refractivity contribution in [3.05, 3.63) is 36.3 Å². The molecule has 3 heterocycles. The molecule has 0 aliphatic carbocycles. The molecular weight excluding hydrogens is 360 g/mol. The zero-order valence-electron chi connectivity index (χ0n) is 15.8. The summed E-state index contributed by atoms with van der Waals surface area (Å²) in [6.45, 7) is 1.35. The number of ketones is 1. The van der Waals surface area contributed by atoms with Crippen LogP contribution >= 0.6 is 0 Å². The number of fused-ring (bicyclic) bond motifs is 1. The van der Waals surface area contributed by atoms with Gasteiger partial charge < -0.3 is 24.5 Å². The van der Waals surface area contributed by atoms with E-state index < -0.39 is 0 Å². The van der Waals surface area contributed by atoms with Gasteiger partial charge in [-0.3, -0.25) is 4.79 Å². The summed E-state index contributed by atoms with van der Waals surface area (Å²) in [4.78, 5) is 23.7. The van der Waals surface area contributed by atoms with Crippen molar-refractivity contribution in [1.82, 2.24) is 9.97 Å². The quantitative estimate of drug-likeness (QED) is 0.672. The Morgan fingerprint density at radius 1 is 1.18 bits per heavy atom. The summed E-state index contributed by atoms with van der Waals surface area (Å²) < 4.78 is 15.9. The van der Waals surface area contributed by atoms with Crippen LogP contribution in [-0.4, -0.2) is 43.1 Å². The number of Topliss-reactive ketones (excluding diaryl/α,β-unsaturated/α-hetero) is 1. The molecule has 8 nitrogen and oxygen atoms in total. The monoisotopic (exact) mass is 382 g/mol. The highest BCUT2D eigenvalue weighted by atomic mass is 16.5. The molecule has 1 saturated heterocycles. The minimum Gasteiger partial charge on any atom is -0.493 e. The zero-order chi connectivity index (χ0) is 19.7. The molecule has 8 heteroatoms. The number of nitrogens with zero attached hydrogens (tertiary/aromatic N) is 3. The topological polar surface area (TPSA) is 104 Å². The molecule has 4 rings (SSSR count). The van der Waals surface area contributed by atoms with Crippen molar-refractivity contribution in [1.29, 1.82) is 0 Å². The van der Waals surface area contributed by atoms with Crippen LogP contribution in [0.3, 0.4) is 0 Å². The number of rotatable bonds is 5. The van der Waals surface area contributed by atoms with E-state index in [4.69, 9.17) is 19.6 Å². The maximum absolute atomic E-state index is 12.5. The Morgan fingerprint density at radius 2 is 1.89 bits per heavy atom. The number of hydrogen-bond donors (Lipinski definition) is 1. The van der Waals surface area contributed by atoms with E-state index in [2.05, 4.69) is 14.9 Å². The van der Waals surface area contributed by atoms with Gasteiger partial charge in [0.1, 0.15) is 5.82 Å². The molecule has 1 aliphatic rings. The van der Waals surface area contributed by atoms with Crippen molar-refractivity contribution < 1.29 is 18.7 Å². The Morgan fingerprint density at radius 3 is 2.54 bits per heavy atom. The van der Waals surface area contributed by atoms with Crippen molar-refractivity contribution in [2.75, 3.05) is 37.9 Å². The molecule has 28 heavy (non-hydrogen) atoms. The number of benzene rings is 1. The van der Waals surface area contributed by atoms with Crippen molar-refractivity contribution in [3.63, 3.8) is 0 Å². The maximum atomic E-state index is 12.5. The van der Waals surface area contributed by atoms with Crippen LogP contribution in [0.5, 0.6) is 11.5 Å². The van der Waals surface area contributed by atoms with Crippen LogP contribution in [-0.2, 0) is 0 Å². The van der Waals surface area contributed by atoms with Crippen molar-refractivity contribution in [3.8, 4) is 11.5 Å². The molecule has 2 N–H and O–H groups in total. The molecule has 0 saturated carbocycles. The predicted molar refractivity (Wildman–Crippen MR) is 105 cm³/mol. The van der Waals surface area contributed by atoms with E-state index in [9.17, 15) is 4.79 Å². The van der Waals surface area contributed by atoms with Crippen LogP contribution < -0.4 is 20.1 Å². The second-order valence-electron chi connectivity index (χ2n) is 6.74. The van der Waals surface area contributed by atoms with Crippen LogP contribution in [0.15, 0.2) is 34.9 Å². The van der Waals surface area contributed by atoms with Gasteiger partial charge in [-0.25, -0.2) is 4.98 Å². The maximum Gasteiger partial charge on any atom is 0.227 e. The summed E-state index contributed by atoms with van der Waals surface area (Å²) in [5.74, 6) is 2.53. The van der Waals surface area contributed by atoms with Crippen LogP contribution in [0, 0.1) is 5.92 Å². The first kappa shape index (κ1) is 18.1. The molecule has 3 aromatic rings. The first-order valence-corrected chi connectivity index (χ1v) is 9.12. The molecule has 1 fully saturated rings. The van der Waals surface area contributed by atoms with Gasteiger partial charge in [0.15, 0.2) is 17.3 Å². The van der Waals surface area contributed by atoms with E-state index in [1.165, 1.54) is 6.26 Å². The van der Waals surface area contributed by atoms with E-state index in [1.54, 1.807) is 38.5 Å². The number of ether oxygens (including phenoxy) is 2. The Balaban J connectivity index is 1.56. The van der Waals surface area contributed by atoms with Gasteiger partial charge in [0.2, 0.25) is 11.7 Å². The predicted octanol–water partition coefficient (Wildman–Crippen LogP) is 2.92. The average Bonchev–Trinajstić information content (AvgIpc) is 3.27. The first-order valence-electron chi connectivity index (χ1n) is 9.12. The largest absolute Gasteiger partial charge is 0.493 e. The molecule has 0 amide bonds. The number of anilines is 2. The van der Waals surface area contributed by atoms with Gasteiger partial charge >= 0.3 is 0 Å². The summed E-state index contributed by atoms with van der Waals surface area (Å²) in [6, 6.07) is 7.02. The third kappa shape index (κ3) is 3.21. The summed E-state index contributed by atoms with van der Waals surface area (Å²) >= 11 is 0. The fourth-order valence-electron chi connectivity index (χ4n) is 3.57. The second-order valence-corrected chi connectivity index (χ2v) is 6.74. The van der Waals surface area contributed by atoms with Gasteiger partial charge in [0, 0.05) is 30.5 Å². The molecule has 146 valence electrons. The molecule has 0 radical (unpaired) electrons. The van der Waals surface area contributed by atoms with Crippen LogP contribution in [0.1, 0.15) is 23.4 Å². The van der Waals surface area contributed by atoms with Crippen molar-refractivity contribution in [2.24, 2.45) is 5.92 Å². The summed E-state index contributed by atoms with van der Waals surface area (Å²) in [5, 5.41) is 0.712. The molecular formula is C20H22N4O4. The standard InChI is InChI=1S/C20H22N4O4/c1-26-16-10-13-14(11-17(16)27-2)22-20(23-19(13)21)24-7-5-12(6-8-24)18(25)15-4-3-9-28-15/h3-4,9-12H,5-8H2,1-2H3,(H2,21,22,23). The van der Waals surface area contributed by atoms with E-state index >= 15 is 0 Å². The molecule has 0 atom stereocenters. The number of nitrogens with two attached hydrogens (primary N) is 1. The van der Waals surface area contributed by atoms with Gasteiger partial charge in [-0.05, 0) is 31.0 Å². The number of carbonyl (C=O) groups excluding carboxylic acids is 1. The minimum atomic E-state index is -0.0513. The van der Waals surface area contributed by atoms with Gasteiger partial charge in [-0.2, -0.15) is 4.98 Å². The third-order valence-electron chi connectivity index (χ3n) is 5.13. The Bertz CT molecular complexity index is 995. The smallest absolute Gasteiger partial charge is 0.227 e. The lowest BCUT2D eigenvalue weighted by Gasteiger charge is -2.31. The summed E-state index contributed by atoms with van der Waals surface area (Å²) in [5.41, 5.74) is 6.87. The van der Waals surface area contributed by atoms with Gasteiger partial charge in [0.25, 0.3) is 0 Å². The Labute approximate surface area is 162 Å². The number of nitrogen functional groups attached to an aromatic ring is 1. The lowest BCUT2D eigenvalue weighted by atomic mass is 9.91. The number of carbonyl (C=O) groups is 1. The summed E-state index contributed by atoms with van der Waals surface area (Å²) in [6.07, 6.45) is 2.96. The average molecular weight is 382 g/mol. The molecule has 2 aromatic heterocycles. The number of furan rings is 1. The molecule has 1 aromatic carbocycles. The zero-order valence-corrected chi connectivity index (χ0v) is 15.8. The molecule has 0 spiro atoms. The SMILES string of the molecule is COc1cc2nc(N3CCC(C(=O)c4ccco4)CC3)nc(N)c2cc1OC. The van der Waals surface area contributed by atoms with Gasteiger partial charge in [-0.1, -0.05) is 0 Å². The van der Waals surface area contributed by atoms with E-state index in [0.717, 1.165) is 0 Å². The minimum absolute atomic E-state index is 0.0513. The number of piperidine rings is 1. The van der Waals surface area contributed by atoms with E-state index in [0.29, 0.717) is 65.9 Å². The molecule has 1 aliphatic heterocycles. The van der Waals surface area contributed by atoms with E-state index in [-0.39, 0.29) is 11.7 Å².